The van der Waals surface area contributed by atoms with Crippen LogP contribution >= 0.6 is 15.9 Å². The lowest BCUT2D eigenvalue weighted by Crippen LogP contribution is -2.22. The van der Waals surface area contributed by atoms with Crippen LogP contribution in [0.4, 0.5) is 0 Å². The fourth-order valence-corrected chi connectivity index (χ4v) is 1.85. The summed E-state index contributed by atoms with van der Waals surface area (Å²) in [4.78, 5) is 0. The van der Waals surface area contributed by atoms with E-state index in [1.807, 2.05) is 18.2 Å². The van der Waals surface area contributed by atoms with Crippen LogP contribution in [0.25, 0.3) is 11.1 Å². The molecular weight excluding hydrogens is 300 g/mol. The van der Waals surface area contributed by atoms with Crippen LogP contribution in [0.1, 0.15) is 13.8 Å². The van der Waals surface area contributed by atoms with Crippen molar-refractivity contribution in [2.24, 2.45) is 5.41 Å². The number of rotatable bonds is 5. The lowest BCUT2D eigenvalue weighted by Gasteiger charge is -2.21. The fourth-order valence-electron chi connectivity index (χ4n) is 1.69. The molecule has 0 saturated heterocycles. The van der Waals surface area contributed by atoms with E-state index in [1.54, 1.807) is 0 Å². The van der Waals surface area contributed by atoms with E-state index in [4.69, 9.17) is 4.74 Å². The average Bonchev–Trinajstić information content (AvgIpc) is 2.47. The second-order valence-electron chi connectivity index (χ2n) is 5.48. The van der Waals surface area contributed by atoms with Gasteiger partial charge >= 0.3 is 0 Å². The molecule has 0 aliphatic carbocycles. The van der Waals surface area contributed by atoms with Crippen molar-refractivity contribution in [2.45, 2.75) is 13.8 Å². The second-order valence-corrected chi connectivity index (χ2v) is 6.04. The van der Waals surface area contributed by atoms with Crippen LogP contribution in [0.5, 0.6) is 5.75 Å². The van der Waals surface area contributed by atoms with Crippen LogP contribution in [0, 0.1) is 5.41 Å². The molecule has 0 spiro atoms. The van der Waals surface area contributed by atoms with E-state index in [0.29, 0.717) is 6.61 Å². The third-order valence-corrected chi connectivity index (χ3v) is 4.47. The van der Waals surface area contributed by atoms with Crippen molar-refractivity contribution in [3.63, 3.8) is 0 Å². The maximum Gasteiger partial charge on any atom is 0.119 e. The van der Waals surface area contributed by atoms with Gasteiger partial charge in [-0.3, -0.25) is 0 Å². The normalized spacial score (nSPS) is 11.3. The molecule has 0 saturated carbocycles. The van der Waals surface area contributed by atoms with Gasteiger partial charge in [0.2, 0.25) is 0 Å². The number of benzene rings is 2. The first-order chi connectivity index (χ1) is 9.11. The van der Waals surface area contributed by atoms with E-state index in [1.165, 1.54) is 11.1 Å². The lowest BCUT2D eigenvalue weighted by molar-refractivity contribution is 0.203. The summed E-state index contributed by atoms with van der Waals surface area (Å²) in [6.07, 6.45) is 0. The van der Waals surface area contributed by atoms with Crippen molar-refractivity contribution < 1.29 is 4.74 Å². The maximum atomic E-state index is 5.82. The Balaban J connectivity index is 2.03. The van der Waals surface area contributed by atoms with Gasteiger partial charge in [0.05, 0.1) is 6.61 Å². The topological polar surface area (TPSA) is 9.23 Å². The Bertz CT molecular complexity index is 503. The van der Waals surface area contributed by atoms with E-state index in [-0.39, 0.29) is 5.41 Å². The van der Waals surface area contributed by atoms with Crippen LogP contribution in [-0.4, -0.2) is 11.9 Å². The molecule has 0 fully saturated rings. The molecule has 0 aromatic heterocycles. The Kier molecular flexibility index (Phi) is 4.65. The van der Waals surface area contributed by atoms with Crippen LogP contribution in [-0.2, 0) is 0 Å². The highest BCUT2D eigenvalue weighted by molar-refractivity contribution is 9.09. The highest BCUT2D eigenvalue weighted by atomic mass is 79.9. The predicted octanol–water partition coefficient (Wildman–Crippen LogP) is 5.15. The van der Waals surface area contributed by atoms with Crippen molar-refractivity contribution in [3.05, 3.63) is 54.6 Å². The molecule has 2 heteroatoms. The zero-order chi connectivity index (χ0) is 13.7. The Morgan fingerprint density at radius 3 is 2.05 bits per heavy atom. The molecule has 19 heavy (non-hydrogen) atoms. The van der Waals surface area contributed by atoms with E-state index in [2.05, 4.69) is 66.2 Å². The molecule has 0 bridgehead atoms. The molecule has 2 aromatic carbocycles. The fraction of sp³-hybridized carbons (Fsp3) is 0.294. The first kappa shape index (κ1) is 14.1. The summed E-state index contributed by atoms with van der Waals surface area (Å²) in [6, 6.07) is 18.6. The van der Waals surface area contributed by atoms with Gasteiger partial charge < -0.3 is 4.74 Å². The van der Waals surface area contributed by atoms with E-state index < -0.39 is 0 Å². The number of hydrogen-bond acceptors (Lipinski definition) is 1. The van der Waals surface area contributed by atoms with Crippen LogP contribution < -0.4 is 4.74 Å². The smallest absolute Gasteiger partial charge is 0.119 e. The Morgan fingerprint density at radius 1 is 0.895 bits per heavy atom. The van der Waals surface area contributed by atoms with Gasteiger partial charge in [-0.15, -0.1) is 0 Å². The molecule has 1 nitrogen and oxygen atoms in total. The number of alkyl halides is 1. The van der Waals surface area contributed by atoms with Gasteiger partial charge in [-0.1, -0.05) is 72.2 Å². The van der Waals surface area contributed by atoms with Gasteiger partial charge in [0.25, 0.3) is 0 Å². The molecule has 0 radical (unpaired) electrons. The predicted molar refractivity (Wildman–Crippen MR) is 84.9 cm³/mol. The van der Waals surface area contributed by atoms with Crippen molar-refractivity contribution in [2.75, 3.05) is 11.9 Å². The van der Waals surface area contributed by atoms with Crippen molar-refractivity contribution in [3.8, 4) is 16.9 Å². The maximum absolute atomic E-state index is 5.82. The number of hydrogen-bond donors (Lipinski definition) is 0. The van der Waals surface area contributed by atoms with Crippen molar-refractivity contribution in [1.29, 1.82) is 0 Å². The van der Waals surface area contributed by atoms with Gasteiger partial charge in [0.1, 0.15) is 5.75 Å². The molecule has 0 aliphatic rings. The molecular formula is C17H19BrO. The van der Waals surface area contributed by atoms with Gasteiger partial charge in [0.15, 0.2) is 0 Å². The summed E-state index contributed by atoms with van der Waals surface area (Å²) in [6.45, 7) is 5.07. The molecule has 0 atom stereocenters. The average molecular weight is 319 g/mol. The SMILES string of the molecule is CC(C)(CBr)COc1ccc(-c2ccccc2)cc1. The summed E-state index contributed by atoms with van der Waals surface area (Å²) < 4.78 is 5.82. The van der Waals surface area contributed by atoms with Crippen LogP contribution in [0.15, 0.2) is 54.6 Å². The third-order valence-electron chi connectivity index (χ3n) is 2.95. The monoisotopic (exact) mass is 318 g/mol. The van der Waals surface area contributed by atoms with Crippen LogP contribution in [0.2, 0.25) is 0 Å². The zero-order valence-corrected chi connectivity index (χ0v) is 13.0. The van der Waals surface area contributed by atoms with Crippen molar-refractivity contribution >= 4 is 15.9 Å². The van der Waals surface area contributed by atoms with Gasteiger partial charge in [-0.25, -0.2) is 0 Å². The molecule has 0 aliphatic heterocycles. The Labute approximate surface area is 123 Å². The summed E-state index contributed by atoms with van der Waals surface area (Å²) >= 11 is 3.51. The first-order valence-corrected chi connectivity index (χ1v) is 7.57. The minimum absolute atomic E-state index is 0.151. The van der Waals surface area contributed by atoms with Crippen molar-refractivity contribution in [1.82, 2.24) is 0 Å². The van der Waals surface area contributed by atoms with E-state index in [0.717, 1.165) is 11.1 Å². The molecule has 0 unspecified atom stereocenters. The summed E-state index contributed by atoms with van der Waals surface area (Å²) in [5.41, 5.74) is 2.60. The Hall–Kier alpha value is -1.28. The van der Waals surface area contributed by atoms with Gasteiger partial charge in [0, 0.05) is 10.7 Å². The third kappa shape index (κ3) is 4.10. The minimum Gasteiger partial charge on any atom is -0.493 e. The van der Waals surface area contributed by atoms with Crippen LogP contribution in [0.3, 0.4) is 0 Å². The minimum atomic E-state index is 0.151. The standard InChI is InChI=1S/C17H19BrO/c1-17(2,12-18)13-19-16-10-8-15(9-11-16)14-6-4-3-5-7-14/h3-11H,12-13H2,1-2H3. The lowest BCUT2D eigenvalue weighted by atomic mass is 9.98. The first-order valence-electron chi connectivity index (χ1n) is 6.45. The highest BCUT2D eigenvalue weighted by Gasteiger charge is 2.16. The Morgan fingerprint density at radius 2 is 1.47 bits per heavy atom. The zero-order valence-electron chi connectivity index (χ0n) is 11.4. The molecule has 0 N–H and O–H groups in total. The van der Waals surface area contributed by atoms with E-state index in [9.17, 15) is 0 Å². The molecule has 2 aromatic rings. The summed E-state index contributed by atoms with van der Waals surface area (Å²) in [7, 11) is 0. The number of halogens is 1. The number of ether oxygens (including phenoxy) is 1. The molecule has 0 amide bonds. The molecule has 2 rings (SSSR count). The van der Waals surface area contributed by atoms with E-state index >= 15 is 0 Å². The molecule has 100 valence electrons. The highest BCUT2D eigenvalue weighted by Crippen LogP contribution is 2.24. The largest absolute Gasteiger partial charge is 0.493 e. The molecule has 0 heterocycles. The van der Waals surface area contributed by atoms with Gasteiger partial charge in [-0.05, 0) is 23.3 Å². The summed E-state index contributed by atoms with van der Waals surface area (Å²) in [5.74, 6) is 0.925. The second kappa shape index (κ2) is 6.25. The summed E-state index contributed by atoms with van der Waals surface area (Å²) in [5, 5.41) is 0.933. The van der Waals surface area contributed by atoms with Gasteiger partial charge in [-0.2, -0.15) is 0 Å². The quantitative estimate of drug-likeness (QED) is 0.692.